The fourth-order valence-corrected chi connectivity index (χ4v) is 12.1. The normalized spacial score (nSPS) is 50.9. The van der Waals surface area contributed by atoms with Gasteiger partial charge in [-0.05, 0) is 97.9 Å². The molecule has 4 fully saturated rings. The van der Waals surface area contributed by atoms with Gasteiger partial charge in [0.15, 0.2) is 5.78 Å². The monoisotopic (exact) mass is 520 g/mol. The number of hydrogen-bond acceptors (Lipinski definition) is 4. The fourth-order valence-electron chi connectivity index (χ4n) is 12.1. The van der Waals surface area contributed by atoms with Gasteiger partial charge < -0.3 is 9.84 Å². The first-order valence-electron chi connectivity index (χ1n) is 15.3. The van der Waals surface area contributed by atoms with Crippen molar-refractivity contribution in [1.82, 2.24) is 0 Å². The highest BCUT2D eigenvalue weighted by Gasteiger charge is 2.75. The van der Waals surface area contributed by atoms with Crippen molar-refractivity contribution in [1.29, 1.82) is 0 Å². The summed E-state index contributed by atoms with van der Waals surface area (Å²) < 4.78 is 5.98. The van der Waals surface area contributed by atoms with Crippen LogP contribution in [0.25, 0.3) is 0 Å². The van der Waals surface area contributed by atoms with Crippen LogP contribution in [0.1, 0.15) is 113 Å². The van der Waals surface area contributed by atoms with E-state index >= 15 is 0 Å². The minimum Gasteiger partial charge on any atom is -0.461 e. The van der Waals surface area contributed by atoms with E-state index in [-0.39, 0.29) is 62.9 Å². The number of aliphatic hydroxyl groups excluding tert-OH is 1. The summed E-state index contributed by atoms with van der Waals surface area (Å²) in [5, 5.41) is 10.7. The molecular formula is C34H48O4. The number of rotatable bonds is 3. The highest BCUT2D eigenvalue weighted by molar-refractivity contribution is 6.00. The van der Waals surface area contributed by atoms with Crippen molar-refractivity contribution in [3.8, 4) is 11.8 Å². The highest BCUT2D eigenvalue weighted by Crippen LogP contribution is 2.80. The minimum absolute atomic E-state index is 0.0148. The van der Waals surface area contributed by atoms with Crippen LogP contribution in [0, 0.1) is 62.1 Å². The largest absolute Gasteiger partial charge is 0.461 e. The van der Waals surface area contributed by atoms with Crippen LogP contribution in [0.5, 0.6) is 0 Å². The molecular weight excluding hydrogens is 472 g/mol. The van der Waals surface area contributed by atoms with Crippen molar-refractivity contribution in [2.75, 3.05) is 6.61 Å². The Kier molecular flexibility index (Phi) is 5.60. The van der Waals surface area contributed by atoms with Crippen molar-refractivity contribution in [3.05, 3.63) is 11.1 Å². The van der Waals surface area contributed by atoms with Crippen molar-refractivity contribution in [2.45, 2.75) is 119 Å². The SMILES string of the molecule is CC(=O)O[C@H]1CC[C@]2(C)[C@H]3CC[C@@H]4C5=C(C(C)C)C(=O)CC5(CO)CC[C@@]4(C)C3(C)CC[C@]23CC#C[C@]13C. The molecule has 0 aromatic heterocycles. The molecule has 0 bridgehead atoms. The Morgan fingerprint density at radius 2 is 1.71 bits per heavy atom. The zero-order chi connectivity index (χ0) is 27.5. The van der Waals surface area contributed by atoms with Crippen LogP contribution in [0.3, 0.4) is 0 Å². The van der Waals surface area contributed by atoms with Gasteiger partial charge in [0.2, 0.25) is 0 Å². The fraction of sp³-hybridized carbons (Fsp3) is 0.824. The van der Waals surface area contributed by atoms with E-state index in [4.69, 9.17) is 4.74 Å². The molecule has 6 aliphatic carbocycles. The quantitative estimate of drug-likeness (QED) is 0.334. The smallest absolute Gasteiger partial charge is 0.302 e. The van der Waals surface area contributed by atoms with Gasteiger partial charge >= 0.3 is 5.97 Å². The van der Waals surface area contributed by atoms with E-state index in [9.17, 15) is 14.7 Å². The van der Waals surface area contributed by atoms with Crippen LogP contribution in [0.4, 0.5) is 0 Å². The van der Waals surface area contributed by atoms with Gasteiger partial charge in [0, 0.05) is 30.6 Å². The molecule has 0 aliphatic heterocycles. The number of fused-ring (bicyclic) bond motifs is 6. The molecule has 4 nitrogen and oxygen atoms in total. The molecule has 6 rings (SSSR count). The number of Topliss-reactive ketones (excluding diaryl/α,β-unsaturated/α-hetero) is 1. The molecule has 6 aliphatic rings. The molecule has 0 radical (unpaired) electrons. The second-order valence-corrected chi connectivity index (χ2v) is 15.4. The minimum atomic E-state index is -0.330. The number of aliphatic hydroxyl groups is 1. The molecule has 1 spiro atoms. The molecule has 4 heteroatoms. The van der Waals surface area contributed by atoms with E-state index in [1.54, 1.807) is 0 Å². The molecule has 0 aromatic carbocycles. The Labute approximate surface area is 229 Å². The number of carbonyl (C=O) groups excluding carboxylic acids is 2. The van der Waals surface area contributed by atoms with E-state index in [1.165, 1.54) is 12.5 Å². The van der Waals surface area contributed by atoms with Crippen LogP contribution < -0.4 is 0 Å². The molecule has 2 unspecified atom stereocenters. The lowest BCUT2D eigenvalue weighted by Crippen LogP contribution is -2.69. The third kappa shape index (κ3) is 2.83. The zero-order valence-electron chi connectivity index (χ0n) is 24.8. The Bertz CT molecular complexity index is 1190. The Morgan fingerprint density at radius 1 is 1.00 bits per heavy atom. The summed E-state index contributed by atoms with van der Waals surface area (Å²) in [6.07, 6.45) is 9.79. The summed E-state index contributed by atoms with van der Waals surface area (Å²) in [6, 6.07) is 0. The lowest BCUT2D eigenvalue weighted by Gasteiger charge is -2.74. The van der Waals surface area contributed by atoms with Crippen LogP contribution in [-0.2, 0) is 14.3 Å². The van der Waals surface area contributed by atoms with Crippen LogP contribution in [-0.4, -0.2) is 29.6 Å². The molecule has 0 aromatic rings. The summed E-state index contributed by atoms with van der Waals surface area (Å²) in [5.41, 5.74) is 2.15. The zero-order valence-corrected chi connectivity index (χ0v) is 24.8. The Hall–Kier alpha value is -1.60. The van der Waals surface area contributed by atoms with Gasteiger partial charge in [-0.2, -0.15) is 0 Å². The Morgan fingerprint density at radius 3 is 2.37 bits per heavy atom. The second-order valence-electron chi connectivity index (χ2n) is 15.4. The third-order valence-electron chi connectivity index (χ3n) is 14.1. The average molecular weight is 521 g/mol. The van der Waals surface area contributed by atoms with Gasteiger partial charge in [0.05, 0.1) is 12.0 Å². The van der Waals surface area contributed by atoms with Crippen molar-refractivity contribution in [3.63, 3.8) is 0 Å². The maximum absolute atomic E-state index is 13.4. The molecule has 0 heterocycles. The number of hydrogen-bond donors (Lipinski definition) is 1. The molecule has 208 valence electrons. The van der Waals surface area contributed by atoms with Gasteiger partial charge in [-0.1, -0.05) is 46.1 Å². The first-order valence-corrected chi connectivity index (χ1v) is 15.3. The first kappa shape index (κ1) is 26.6. The van der Waals surface area contributed by atoms with Gasteiger partial charge in [-0.15, -0.1) is 5.92 Å². The summed E-state index contributed by atoms with van der Waals surface area (Å²) >= 11 is 0. The molecule has 4 saturated carbocycles. The standard InChI is InChI=1S/C34H48O4/c1-21(2)27-24(37)19-33(20-35)17-15-29(4)23(28(27)33)9-10-25-30(29,5)16-18-34-13-8-12-32(34,7)26(38-22(3)36)11-14-31(25,34)6/h21,23,25-26,35H,9-11,13-20H2,1-7H3/t23-,25+,26+,29-,30?,31-,32-,33?,34-/m1/s1. The van der Waals surface area contributed by atoms with Gasteiger partial charge in [0.25, 0.3) is 0 Å². The third-order valence-corrected chi connectivity index (χ3v) is 14.1. The summed E-state index contributed by atoms with van der Waals surface area (Å²) in [7, 11) is 0. The Balaban J connectivity index is 1.44. The first-order chi connectivity index (χ1) is 17.8. The number of ketones is 1. The predicted octanol–water partition coefficient (Wildman–Crippen LogP) is 6.65. The van der Waals surface area contributed by atoms with Crippen molar-refractivity contribution >= 4 is 11.8 Å². The second kappa shape index (κ2) is 7.99. The van der Waals surface area contributed by atoms with Crippen molar-refractivity contribution < 1.29 is 19.4 Å². The number of esters is 1. The maximum atomic E-state index is 13.4. The van der Waals surface area contributed by atoms with Gasteiger partial charge in [-0.25, -0.2) is 0 Å². The average Bonchev–Trinajstić information content (AvgIpc) is 3.36. The van der Waals surface area contributed by atoms with E-state index < -0.39 is 0 Å². The molecule has 38 heavy (non-hydrogen) atoms. The van der Waals surface area contributed by atoms with E-state index in [1.807, 2.05) is 0 Å². The lowest BCUT2D eigenvalue weighted by molar-refractivity contribution is -0.264. The predicted molar refractivity (Wildman–Crippen MR) is 148 cm³/mol. The molecule has 0 amide bonds. The molecule has 0 saturated heterocycles. The van der Waals surface area contributed by atoms with Crippen LogP contribution in [0.2, 0.25) is 0 Å². The lowest BCUT2D eigenvalue weighted by atomic mass is 9.29. The maximum Gasteiger partial charge on any atom is 0.302 e. The summed E-state index contributed by atoms with van der Waals surface area (Å²) in [5.74, 6) is 8.43. The molecule has 1 N–H and O–H groups in total. The van der Waals surface area contributed by atoms with Crippen molar-refractivity contribution in [2.24, 2.45) is 50.2 Å². The summed E-state index contributed by atoms with van der Waals surface area (Å²) in [4.78, 5) is 25.5. The topological polar surface area (TPSA) is 63.6 Å². The number of allylic oxidation sites excluding steroid dienone is 1. The summed E-state index contributed by atoms with van der Waals surface area (Å²) in [6.45, 7) is 16.0. The number of ether oxygens (including phenoxy) is 1. The highest BCUT2D eigenvalue weighted by atomic mass is 16.5. The van der Waals surface area contributed by atoms with Gasteiger partial charge in [0.1, 0.15) is 6.10 Å². The van der Waals surface area contributed by atoms with E-state index in [0.717, 1.165) is 63.4 Å². The number of carbonyl (C=O) groups is 2. The van der Waals surface area contributed by atoms with E-state index in [0.29, 0.717) is 18.3 Å². The molecule has 9 atom stereocenters. The van der Waals surface area contributed by atoms with Crippen LogP contribution in [0.15, 0.2) is 11.1 Å². The van der Waals surface area contributed by atoms with Crippen LogP contribution >= 0.6 is 0 Å². The van der Waals surface area contributed by atoms with E-state index in [2.05, 4.69) is 53.4 Å². The van der Waals surface area contributed by atoms with Gasteiger partial charge in [-0.3, -0.25) is 9.59 Å².